The van der Waals surface area contributed by atoms with Crippen LogP contribution in [0.2, 0.25) is 5.02 Å². The van der Waals surface area contributed by atoms with Crippen molar-refractivity contribution < 1.29 is 4.42 Å². The average Bonchev–Trinajstić information content (AvgIpc) is 2.72. The first-order valence-electron chi connectivity index (χ1n) is 6.25. The molecule has 18 heavy (non-hydrogen) atoms. The minimum Gasteiger partial charge on any atom is -0.455 e. The van der Waals surface area contributed by atoms with Crippen molar-refractivity contribution in [2.45, 2.75) is 26.3 Å². The third-order valence-corrected chi connectivity index (χ3v) is 2.96. The summed E-state index contributed by atoms with van der Waals surface area (Å²) in [5.41, 5.74) is 0.763. The highest BCUT2D eigenvalue weighted by atomic mass is 35.5. The minimum absolute atomic E-state index is 0.531. The number of hydrogen-bond acceptors (Lipinski definition) is 2. The number of fused-ring (bicyclic) bond motifs is 1. The molecule has 0 atom stereocenters. The molecule has 0 bridgehead atoms. The summed E-state index contributed by atoms with van der Waals surface area (Å²) in [5.74, 6) is 0.850. The maximum absolute atomic E-state index is 6.06. The van der Waals surface area contributed by atoms with Gasteiger partial charge < -0.3 is 9.73 Å². The fourth-order valence-electron chi connectivity index (χ4n) is 1.78. The van der Waals surface area contributed by atoms with Gasteiger partial charge in [-0.1, -0.05) is 43.7 Å². The molecule has 2 aromatic rings. The van der Waals surface area contributed by atoms with E-state index in [1.54, 1.807) is 0 Å². The molecule has 3 heteroatoms. The molecule has 0 saturated heterocycles. The Morgan fingerprint density at radius 1 is 1.39 bits per heavy atom. The summed E-state index contributed by atoms with van der Waals surface area (Å²) in [6.45, 7) is 5.27. The van der Waals surface area contributed by atoms with Crippen molar-refractivity contribution in [3.05, 3.63) is 41.1 Å². The Morgan fingerprint density at radius 3 is 2.94 bits per heavy atom. The second-order valence-electron chi connectivity index (χ2n) is 4.61. The van der Waals surface area contributed by atoms with E-state index in [0.717, 1.165) is 29.7 Å². The van der Waals surface area contributed by atoms with Crippen molar-refractivity contribution in [1.82, 2.24) is 5.32 Å². The lowest BCUT2D eigenvalue weighted by Gasteiger charge is -2.04. The van der Waals surface area contributed by atoms with Gasteiger partial charge in [-0.15, -0.1) is 0 Å². The van der Waals surface area contributed by atoms with Crippen molar-refractivity contribution >= 4 is 28.6 Å². The van der Waals surface area contributed by atoms with E-state index in [1.165, 1.54) is 0 Å². The van der Waals surface area contributed by atoms with Crippen LogP contribution < -0.4 is 5.32 Å². The monoisotopic (exact) mass is 263 g/mol. The Morgan fingerprint density at radius 2 is 2.22 bits per heavy atom. The molecule has 2 nitrogen and oxygen atoms in total. The Bertz CT molecular complexity index is 542. The summed E-state index contributed by atoms with van der Waals surface area (Å²) in [6, 6.07) is 8.31. The van der Waals surface area contributed by atoms with Gasteiger partial charge in [0.2, 0.25) is 0 Å². The highest BCUT2D eigenvalue weighted by molar-refractivity contribution is 6.34. The topological polar surface area (TPSA) is 25.2 Å². The van der Waals surface area contributed by atoms with Gasteiger partial charge in [0.25, 0.3) is 0 Å². The molecule has 0 saturated carbocycles. The fourth-order valence-corrected chi connectivity index (χ4v) is 2.00. The summed E-state index contributed by atoms with van der Waals surface area (Å²) >= 11 is 6.06. The van der Waals surface area contributed by atoms with Gasteiger partial charge >= 0.3 is 0 Å². The molecule has 0 aliphatic heterocycles. The van der Waals surface area contributed by atoms with Crippen LogP contribution in [0.15, 0.2) is 34.8 Å². The van der Waals surface area contributed by atoms with Crippen molar-refractivity contribution in [1.29, 1.82) is 0 Å². The van der Waals surface area contributed by atoms with Crippen molar-refractivity contribution in [2.75, 3.05) is 6.54 Å². The highest BCUT2D eigenvalue weighted by Crippen LogP contribution is 2.27. The smallest absolute Gasteiger partial charge is 0.153 e. The molecule has 0 radical (unpaired) electrons. The zero-order valence-corrected chi connectivity index (χ0v) is 11.5. The van der Waals surface area contributed by atoms with Crippen LogP contribution in [0, 0.1) is 0 Å². The summed E-state index contributed by atoms with van der Waals surface area (Å²) in [4.78, 5) is 0. The largest absolute Gasteiger partial charge is 0.455 e. The molecular formula is C15H18ClNO. The third-order valence-electron chi connectivity index (χ3n) is 2.66. The van der Waals surface area contributed by atoms with E-state index in [2.05, 4.69) is 25.2 Å². The van der Waals surface area contributed by atoms with Gasteiger partial charge in [0.15, 0.2) is 5.58 Å². The zero-order chi connectivity index (χ0) is 13.0. The van der Waals surface area contributed by atoms with Crippen LogP contribution in [0.3, 0.4) is 0 Å². The number of halogens is 1. The van der Waals surface area contributed by atoms with Gasteiger partial charge in [0, 0.05) is 11.4 Å². The predicted octanol–water partition coefficient (Wildman–Crippen LogP) is 4.49. The summed E-state index contributed by atoms with van der Waals surface area (Å²) in [5, 5.41) is 5.07. The first-order chi connectivity index (χ1) is 8.66. The first-order valence-corrected chi connectivity index (χ1v) is 6.62. The Labute approximate surface area is 113 Å². The van der Waals surface area contributed by atoms with Crippen molar-refractivity contribution in [3.8, 4) is 0 Å². The Kier molecular flexibility index (Phi) is 4.45. The molecular weight excluding hydrogens is 246 g/mol. The van der Waals surface area contributed by atoms with Gasteiger partial charge in [0.05, 0.1) is 5.02 Å². The summed E-state index contributed by atoms with van der Waals surface area (Å²) in [6.07, 6.45) is 5.10. The van der Waals surface area contributed by atoms with Crippen LogP contribution in [0.4, 0.5) is 0 Å². The van der Waals surface area contributed by atoms with E-state index >= 15 is 0 Å². The van der Waals surface area contributed by atoms with E-state index in [1.807, 2.05) is 30.3 Å². The molecule has 1 heterocycles. The Balaban J connectivity index is 1.99. The number of nitrogens with one attached hydrogen (secondary N) is 1. The Hall–Kier alpha value is -1.25. The van der Waals surface area contributed by atoms with Gasteiger partial charge in [-0.3, -0.25) is 0 Å². The van der Waals surface area contributed by atoms with E-state index in [-0.39, 0.29) is 0 Å². The van der Waals surface area contributed by atoms with E-state index in [4.69, 9.17) is 16.0 Å². The van der Waals surface area contributed by atoms with Crippen molar-refractivity contribution in [3.63, 3.8) is 0 Å². The normalized spacial score (nSPS) is 12.0. The number of hydrogen-bond donors (Lipinski definition) is 1. The summed E-state index contributed by atoms with van der Waals surface area (Å²) in [7, 11) is 0. The van der Waals surface area contributed by atoms with Crippen LogP contribution in [-0.4, -0.2) is 12.6 Å². The van der Waals surface area contributed by atoms with E-state index in [0.29, 0.717) is 11.1 Å². The number of furan rings is 1. The molecule has 1 aromatic carbocycles. The van der Waals surface area contributed by atoms with Crippen LogP contribution >= 0.6 is 11.6 Å². The van der Waals surface area contributed by atoms with Crippen LogP contribution in [0.5, 0.6) is 0 Å². The fraction of sp³-hybridized carbons (Fsp3) is 0.333. The molecule has 2 rings (SSSR count). The van der Waals surface area contributed by atoms with Crippen molar-refractivity contribution in [2.24, 2.45) is 0 Å². The molecule has 0 amide bonds. The minimum atomic E-state index is 0.531. The summed E-state index contributed by atoms with van der Waals surface area (Å²) < 4.78 is 5.69. The maximum atomic E-state index is 6.06. The molecule has 0 spiro atoms. The molecule has 0 aliphatic carbocycles. The first kappa shape index (κ1) is 13.2. The van der Waals surface area contributed by atoms with Crippen LogP contribution in [0.25, 0.3) is 17.0 Å². The zero-order valence-electron chi connectivity index (χ0n) is 10.7. The SMILES string of the molecule is CC(C)NCC/C=C/c1cc2cccc(Cl)c2o1. The average molecular weight is 264 g/mol. The lowest BCUT2D eigenvalue weighted by molar-refractivity contribution is 0.593. The molecule has 0 aliphatic rings. The number of rotatable bonds is 5. The lowest BCUT2D eigenvalue weighted by Crippen LogP contribution is -2.23. The highest BCUT2D eigenvalue weighted by Gasteiger charge is 2.04. The lowest BCUT2D eigenvalue weighted by atomic mass is 10.2. The molecule has 96 valence electrons. The standard InChI is InChI=1S/C15H18ClNO/c1-11(2)17-9-4-3-7-13-10-12-6-5-8-14(16)15(12)18-13/h3,5-8,10-11,17H,4,9H2,1-2H3/b7-3+. The third kappa shape index (κ3) is 3.37. The van der Waals surface area contributed by atoms with Gasteiger partial charge in [-0.2, -0.15) is 0 Å². The van der Waals surface area contributed by atoms with Crippen LogP contribution in [0.1, 0.15) is 26.0 Å². The van der Waals surface area contributed by atoms with E-state index < -0.39 is 0 Å². The predicted molar refractivity (Wildman–Crippen MR) is 78.0 cm³/mol. The van der Waals surface area contributed by atoms with Gasteiger partial charge in [0.1, 0.15) is 5.76 Å². The molecule has 1 N–H and O–H groups in total. The second kappa shape index (κ2) is 6.07. The second-order valence-corrected chi connectivity index (χ2v) is 5.01. The molecule has 1 aromatic heterocycles. The van der Waals surface area contributed by atoms with E-state index in [9.17, 15) is 0 Å². The molecule has 0 unspecified atom stereocenters. The van der Waals surface area contributed by atoms with Gasteiger partial charge in [-0.25, -0.2) is 0 Å². The molecule has 0 fully saturated rings. The quantitative estimate of drug-likeness (QED) is 0.804. The maximum Gasteiger partial charge on any atom is 0.153 e. The van der Waals surface area contributed by atoms with Crippen LogP contribution in [-0.2, 0) is 0 Å². The van der Waals surface area contributed by atoms with Gasteiger partial charge in [-0.05, 0) is 31.2 Å². The number of para-hydroxylation sites is 1. The number of benzene rings is 1.